The molecule has 0 saturated heterocycles. The van der Waals surface area contributed by atoms with Gasteiger partial charge in [0.2, 0.25) is 0 Å². The molecule has 0 spiro atoms. The molecule has 1 heterocycles. The zero-order chi connectivity index (χ0) is 20.1. The number of carbonyl (C=O) groups is 2. The number of carbonyl (C=O) groups excluding carboxylic acids is 2. The summed E-state index contributed by atoms with van der Waals surface area (Å²) in [5.74, 6) is -0.688. The van der Waals surface area contributed by atoms with E-state index in [1.54, 1.807) is 0 Å². The highest BCUT2D eigenvalue weighted by atomic mass is 32.2. The normalized spacial score (nSPS) is 11.9. The van der Waals surface area contributed by atoms with Crippen LogP contribution < -0.4 is 5.23 Å². The van der Waals surface area contributed by atoms with Gasteiger partial charge in [-0.25, -0.2) is 10.2 Å². The molecular weight excluding hydrogens is 392 g/mol. The summed E-state index contributed by atoms with van der Waals surface area (Å²) in [5, 5.41) is 20.2. The minimum absolute atomic E-state index is 0.0104. The summed E-state index contributed by atoms with van der Waals surface area (Å²) in [6.07, 6.45) is 3.47. The van der Waals surface area contributed by atoms with Gasteiger partial charge in [-0.1, -0.05) is 50.2 Å². The van der Waals surface area contributed by atoms with Gasteiger partial charge < -0.3 is 14.7 Å². The van der Waals surface area contributed by atoms with Gasteiger partial charge in [-0.2, -0.15) is 5.23 Å². The largest absolute Gasteiger partial charge is 0.595 e. The average Bonchev–Trinajstić information content (AvgIpc) is 2.65. The predicted molar refractivity (Wildman–Crippen MR) is 103 cm³/mol. The van der Waals surface area contributed by atoms with Crippen LogP contribution in [0.4, 0.5) is 5.69 Å². The molecule has 27 heavy (non-hydrogen) atoms. The first-order chi connectivity index (χ1) is 13.0. The highest BCUT2D eigenvalue weighted by Crippen LogP contribution is 2.26. The minimum atomic E-state index is -1.13. The van der Waals surface area contributed by atoms with Crippen LogP contribution in [0.1, 0.15) is 39.5 Å². The van der Waals surface area contributed by atoms with Crippen molar-refractivity contribution in [2.75, 3.05) is 24.7 Å². The number of quaternary nitrogens is 1. The summed E-state index contributed by atoms with van der Waals surface area (Å²) in [6.45, 7) is 4.75. The van der Waals surface area contributed by atoms with Crippen molar-refractivity contribution in [2.24, 2.45) is 0 Å². The lowest BCUT2D eigenvalue weighted by Crippen LogP contribution is -2.99. The molecule has 8 nitrogen and oxygen atoms in total. The fourth-order valence-electron chi connectivity index (χ4n) is 1.78. The number of hydrogen-bond acceptors (Lipinski definition) is 9. The van der Waals surface area contributed by atoms with Crippen molar-refractivity contribution < 1.29 is 29.5 Å². The number of aromatic nitrogens is 1. The Morgan fingerprint density at radius 1 is 1.07 bits per heavy atom. The molecule has 1 aromatic heterocycles. The minimum Gasteiger partial charge on any atom is -0.595 e. The summed E-state index contributed by atoms with van der Waals surface area (Å²) in [5.41, 5.74) is 0.0104. The number of nitrogens with one attached hydrogen (secondary N) is 1. The van der Waals surface area contributed by atoms with E-state index in [0.717, 1.165) is 49.2 Å². The van der Waals surface area contributed by atoms with Crippen LogP contribution >= 0.6 is 23.5 Å². The molecule has 0 aliphatic carbocycles. The number of pyridine rings is 1. The van der Waals surface area contributed by atoms with Crippen molar-refractivity contribution in [1.82, 2.24) is 4.98 Å². The molecule has 10 heteroatoms. The number of thioether (sulfide) groups is 2. The van der Waals surface area contributed by atoms with Crippen LogP contribution in [-0.2, 0) is 19.1 Å². The molecule has 0 amide bonds. The van der Waals surface area contributed by atoms with Crippen molar-refractivity contribution >= 4 is 41.1 Å². The molecule has 0 bridgehead atoms. The van der Waals surface area contributed by atoms with Gasteiger partial charge in [0.05, 0.1) is 29.7 Å². The first-order valence-electron chi connectivity index (χ1n) is 8.79. The van der Waals surface area contributed by atoms with Crippen LogP contribution in [0.2, 0.25) is 0 Å². The Kier molecular flexibility index (Phi) is 12.1. The van der Waals surface area contributed by atoms with Gasteiger partial charge >= 0.3 is 11.9 Å². The summed E-state index contributed by atoms with van der Waals surface area (Å²) < 4.78 is 10.1. The lowest BCUT2D eigenvalue weighted by molar-refractivity contribution is -0.992. The van der Waals surface area contributed by atoms with Crippen LogP contribution in [0.15, 0.2) is 22.2 Å². The fourth-order valence-corrected chi connectivity index (χ4v) is 3.32. The summed E-state index contributed by atoms with van der Waals surface area (Å²) in [4.78, 5) is 27.6. The lowest BCUT2D eigenvalue weighted by Gasteiger charge is -2.15. The van der Waals surface area contributed by atoms with Gasteiger partial charge in [0.25, 0.3) is 0 Å². The summed E-state index contributed by atoms with van der Waals surface area (Å²) in [7, 11) is 0. The number of unbranched alkanes of at least 4 members (excludes halogenated alkanes) is 2. The third kappa shape index (κ3) is 9.96. The van der Waals surface area contributed by atoms with Gasteiger partial charge in [0, 0.05) is 6.07 Å². The maximum absolute atomic E-state index is 11.7. The van der Waals surface area contributed by atoms with Crippen LogP contribution in [-0.4, -0.2) is 46.8 Å². The second-order valence-corrected chi connectivity index (χ2v) is 7.49. The molecule has 0 aromatic carbocycles. The smallest absolute Gasteiger partial charge is 0.316 e. The Balaban J connectivity index is 2.62. The number of esters is 2. The van der Waals surface area contributed by atoms with Gasteiger partial charge in [0.1, 0.15) is 0 Å². The van der Waals surface area contributed by atoms with Gasteiger partial charge in [-0.3, -0.25) is 9.59 Å². The molecule has 1 rings (SSSR count). The van der Waals surface area contributed by atoms with Crippen molar-refractivity contribution in [2.45, 2.75) is 49.6 Å². The van der Waals surface area contributed by atoms with E-state index in [4.69, 9.17) is 9.47 Å². The first-order valence-corrected chi connectivity index (χ1v) is 10.8. The second kappa shape index (κ2) is 13.8. The molecule has 0 radical (unpaired) electrons. The van der Waals surface area contributed by atoms with E-state index in [-0.39, 0.29) is 28.2 Å². The van der Waals surface area contributed by atoms with E-state index in [0.29, 0.717) is 18.2 Å². The van der Waals surface area contributed by atoms with Gasteiger partial charge in [-0.05, 0) is 18.9 Å². The standard InChI is InChI=1S/C17H26N2O6S2/c1-3-5-9-24-15(20)11-26-14-8-7-13(19(22)23)17(18-14)27-12-16(21)25-10-6-4-2/h7-8,19,22H,3-6,9-12H2,1-2H3. The molecular formula is C17H26N2O6S2. The maximum atomic E-state index is 11.7. The van der Waals surface area contributed by atoms with Crippen LogP contribution in [0.3, 0.4) is 0 Å². The molecule has 0 aliphatic heterocycles. The number of nitrogens with zero attached hydrogens (tertiary/aromatic N) is 1. The molecule has 1 atom stereocenters. The van der Waals surface area contributed by atoms with Crippen molar-refractivity contribution in [3.8, 4) is 0 Å². The van der Waals surface area contributed by atoms with Crippen molar-refractivity contribution in [1.29, 1.82) is 0 Å². The summed E-state index contributed by atoms with van der Waals surface area (Å²) >= 11 is 2.17. The fraction of sp³-hybridized carbons (Fsp3) is 0.588. The molecule has 0 saturated carbocycles. The topological polar surface area (TPSA) is 113 Å². The second-order valence-electron chi connectivity index (χ2n) is 5.53. The summed E-state index contributed by atoms with van der Waals surface area (Å²) in [6, 6.07) is 2.96. The number of ether oxygens (including phenoxy) is 2. The third-order valence-electron chi connectivity index (χ3n) is 3.25. The van der Waals surface area contributed by atoms with Gasteiger partial charge in [0.15, 0.2) is 10.7 Å². The van der Waals surface area contributed by atoms with Crippen LogP contribution in [0.25, 0.3) is 0 Å². The van der Waals surface area contributed by atoms with E-state index in [1.807, 2.05) is 13.8 Å². The highest BCUT2D eigenvalue weighted by Gasteiger charge is 2.16. The zero-order valence-electron chi connectivity index (χ0n) is 15.6. The van der Waals surface area contributed by atoms with Crippen molar-refractivity contribution in [3.63, 3.8) is 0 Å². The van der Waals surface area contributed by atoms with Gasteiger partial charge in [-0.15, -0.1) is 0 Å². The Hall–Kier alpha value is -1.33. The Morgan fingerprint density at radius 2 is 1.63 bits per heavy atom. The first kappa shape index (κ1) is 23.7. The SMILES string of the molecule is CCCCOC(=O)CSc1ccc([NH+]([O-])O)c(SCC(=O)OCCCC)n1. The Labute approximate surface area is 167 Å². The van der Waals surface area contributed by atoms with E-state index in [2.05, 4.69) is 4.98 Å². The Bertz CT molecular complexity index is 601. The van der Waals surface area contributed by atoms with Crippen LogP contribution in [0.5, 0.6) is 0 Å². The van der Waals surface area contributed by atoms with Crippen LogP contribution in [0, 0.1) is 5.21 Å². The van der Waals surface area contributed by atoms with E-state index >= 15 is 0 Å². The van der Waals surface area contributed by atoms with E-state index in [9.17, 15) is 20.0 Å². The maximum Gasteiger partial charge on any atom is 0.316 e. The lowest BCUT2D eigenvalue weighted by atomic mass is 10.4. The number of hydrogen-bond donors (Lipinski definition) is 2. The zero-order valence-corrected chi connectivity index (χ0v) is 17.2. The molecule has 152 valence electrons. The predicted octanol–water partition coefficient (Wildman–Crippen LogP) is 2.36. The molecule has 0 fully saturated rings. The average molecular weight is 419 g/mol. The molecule has 1 unspecified atom stereocenters. The highest BCUT2D eigenvalue weighted by molar-refractivity contribution is 8.00. The Morgan fingerprint density at radius 3 is 2.15 bits per heavy atom. The molecule has 2 N–H and O–H groups in total. The van der Waals surface area contributed by atoms with E-state index < -0.39 is 11.2 Å². The number of rotatable bonds is 13. The third-order valence-corrected chi connectivity index (χ3v) is 5.12. The van der Waals surface area contributed by atoms with Crippen molar-refractivity contribution in [3.05, 3.63) is 17.3 Å². The molecule has 0 aliphatic rings. The molecule has 1 aromatic rings. The van der Waals surface area contributed by atoms with E-state index in [1.165, 1.54) is 12.1 Å². The monoisotopic (exact) mass is 418 g/mol. The quantitative estimate of drug-likeness (QED) is 0.216.